The van der Waals surface area contributed by atoms with E-state index in [1.165, 1.54) is 51.4 Å². The fraction of sp³-hybridized carbons (Fsp3) is 0.372. The molecule has 3 saturated heterocycles. The van der Waals surface area contributed by atoms with Gasteiger partial charge in [-0.1, -0.05) is 227 Å². The van der Waals surface area contributed by atoms with Gasteiger partial charge in [0.05, 0.1) is 66.5 Å². The van der Waals surface area contributed by atoms with Crippen LogP contribution < -0.4 is 51.4 Å². The number of benzene rings is 8. The molecular formula is C86H89B6Cl4F12O12+. The summed E-state index contributed by atoms with van der Waals surface area (Å²) in [6.07, 6.45) is 7.49. The molecule has 1 aliphatic carbocycles. The zero-order valence-electron chi connectivity index (χ0n) is 67.1. The van der Waals surface area contributed by atoms with E-state index < -0.39 is 82.6 Å². The van der Waals surface area contributed by atoms with Crippen molar-refractivity contribution >= 4 is 122 Å². The molecule has 7 aliphatic rings. The van der Waals surface area contributed by atoms with Gasteiger partial charge in [-0.05, 0) is 160 Å². The molecule has 8 aromatic rings. The Kier molecular flexibility index (Phi) is 34.6. The molecule has 34 heteroatoms. The molecular weight excluding hydrogens is 1660 g/mol. The highest BCUT2D eigenvalue weighted by atomic mass is 35.5. The molecule has 0 radical (unpaired) electrons. The molecule has 6 aliphatic heterocycles. The number of halogens is 16. The monoisotopic (exact) mass is 1750 g/mol. The topological polar surface area (TPSA) is 111 Å². The molecule has 634 valence electrons. The van der Waals surface area contributed by atoms with Gasteiger partial charge in [-0.2, -0.15) is 52.7 Å². The van der Waals surface area contributed by atoms with E-state index in [9.17, 15) is 52.7 Å². The SMILES string of the molecule is CCCCCCC1COB(c2cc(C)cc(C(F)(F)F)c2)O1.CCCCCCC1COB(c2cc(C)cc(C(F)(F)F)c2)O1.CCCCCCC1COB(c2cc(Cl)cc(Cl)c2)O1.Cc1cc(B2OC3=C(C=C[C+]=C3)O2)cc(C(F)(F)F)c1.Cc1cc(B2Oc3ccccc3O2)cc(C(F)(F)F)c1.Clc1cc(Cl)cc(B2Oc3ccccc3O2)c1. The van der Waals surface area contributed by atoms with Crippen molar-refractivity contribution in [1.29, 1.82) is 0 Å². The number of para-hydroxylation sites is 4. The Hall–Kier alpha value is -7.84. The van der Waals surface area contributed by atoms with Crippen molar-refractivity contribution in [2.24, 2.45) is 0 Å². The van der Waals surface area contributed by atoms with Gasteiger partial charge in [0.1, 0.15) is 35.2 Å². The van der Waals surface area contributed by atoms with E-state index >= 15 is 0 Å². The maximum atomic E-state index is 12.9. The van der Waals surface area contributed by atoms with Gasteiger partial charge in [0.25, 0.3) is 11.5 Å². The van der Waals surface area contributed by atoms with Crippen molar-refractivity contribution in [2.75, 3.05) is 19.8 Å². The van der Waals surface area contributed by atoms with Crippen molar-refractivity contribution < 1.29 is 109 Å². The standard InChI is InChI=1S/2C16H22BF3O2.C14H19BCl2O2.C14H10BF3O2.C14H9BF3O2.C12H7BCl2O2/c2*1-3-4-5-6-7-15-11-21-17(22-15)14-9-12(2)8-13(10-14)16(18,19)20;1-2-3-4-5-6-14-10-18-15(19-14)11-7-12(16)9-13(17)8-11;2*1-9-6-10(14(16,17)18)8-11(7-9)15-19-12-4-2-3-5-13(12)20-15;14-9-5-8(6-10(15)7-9)13-16-11-3-1-2-4-12(11)17-13/h2*8-10,15H,3-7,11H2,1-2H3;7-9,14H,2-6,10H2,1H3;2-8H,1H3;2,4-8H,1H3;1-7H/q;;;;+1;. The first kappa shape index (κ1) is 94.4. The lowest BCUT2D eigenvalue weighted by molar-refractivity contribution is -0.138. The minimum atomic E-state index is -4.39. The van der Waals surface area contributed by atoms with E-state index in [0.29, 0.717) is 107 Å². The van der Waals surface area contributed by atoms with Gasteiger partial charge < -0.3 is 55.9 Å². The molecule has 0 spiro atoms. The van der Waals surface area contributed by atoms with Gasteiger partial charge in [0, 0.05) is 42.6 Å². The number of rotatable bonds is 21. The molecule has 0 N–H and O–H groups in total. The lowest BCUT2D eigenvalue weighted by Crippen LogP contribution is -2.39. The van der Waals surface area contributed by atoms with E-state index in [1.54, 1.807) is 119 Å². The Balaban J connectivity index is 0.000000152. The number of hydrogen-bond acceptors (Lipinski definition) is 12. The highest BCUT2D eigenvalue weighted by molar-refractivity contribution is 6.65. The Labute approximate surface area is 715 Å². The van der Waals surface area contributed by atoms with Crippen LogP contribution in [-0.4, -0.2) is 80.8 Å². The highest BCUT2D eigenvalue weighted by Crippen LogP contribution is 2.38. The number of aryl methyl sites for hydroxylation is 4. The third-order valence-corrected chi connectivity index (χ3v) is 20.3. The predicted molar refractivity (Wildman–Crippen MR) is 450 cm³/mol. The van der Waals surface area contributed by atoms with E-state index in [2.05, 4.69) is 26.8 Å². The van der Waals surface area contributed by atoms with Gasteiger partial charge in [-0.15, -0.1) is 0 Å². The van der Waals surface area contributed by atoms with Gasteiger partial charge >= 0.3 is 67.4 Å². The van der Waals surface area contributed by atoms with Crippen molar-refractivity contribution in [1.82, 2.24) is 0 Å². The number of alkyl halides is 12. The van der Waals surface area contributed by atoms with Gasteiger partial charge in [0.15, 0.2) is 0 Å². The highest BCUT2D eigenvalue weighted by Gasteiger charge is 2.44. The van der Waals surface area contributed by atoms with Crippen molar-refractivity contribution in [2.45, 2.75) is 188 Å². The Morgan fingerprint density at radius 1 is 0.325 bits per heavy atom. The molecule has 6 heterocycles. The van der Waals surface area contributed by atoms with Crippen LogP contribution in [0.2, 0.25) is 20.1 Å². The minimum absolute atomic E-state index is 0.0169. The van der Waals surface area contributed by atoms with E-state index in [-0.39, 0.29) is 25.4 Å². The predicted octanol–water partition coefficient (Wildman–Crippen LogP) is 21.5. The van der Waals surface area contributed by atoms with E-state index in [1.807, 2.05) is 36.4 Å². The molecule has 120 heavy (non-hydrogen) atoms. The molecule has 3 unspecified atom stereocenters. The maximum absolute atomic E-state index is 12.9. The maximum Gasteiger partial charge on any atom is 0.648 e. The second kappa shape index (κ2) is 44.0. The van der Waals surface area contributed by atoms with Crippen LogP contribution in [0.4, 0.5) is 52.7 Å². The van der Waals surface area contributed by atoms with E-state index in [4.69, 9.17) is 102 Å². The first-order valence-corrected chi connectivity index (χ1v) is 41.2. The molecule has 0 bridgehead atoms. The van der Waals surface area contributed by atoms with Crippen LogP contribution in [0.25, 0.3) is 0 Å². The summed E-state index contributed by atoms with van der Waals surface area (Å²) in [7, 11) is -3.87. The first-order chi connectivity index (χ1) is 57.1. The van der Waals surface area contributed by atoms with Crippen LogP contribution in [0, 0.1) is 33.8 Å². The summed E-state index contributed by atoms with van der Waals surface area (Å²) >= 11 is 23.9. The van der Waals surface area contributed by atoms with Gasteiger partial charge in [-0.25, -0.2) is 0 Å². The second-order valence-electron chi connectivity index (χ2n) is 29.7. The number of allylic oxidation sites excluding steroid dienone is 4. The normalized spacial score (nSPS) is 16.9. The summed E-state index contributed by atoms with van der Waals surface area (Å²) in [6.45, 7) is 14.6. The first-order valence-electron chi connectivity index (χ1n) is 39.7. The zero-order valence-corrected chi connectivity index (χ0v) is 70.1. The summed E-state index contributed by atoms with van der Waals surface area (Å²) in [5.41, 5.74) is 2.72. The summed E-state index contributed by atoms with van der Waals surface area (Å²) in [4.78, 5) is 0. The molecule has 0 aromatic heterocycles. The Bertz CT molecular complexity index is 4590. The molecule has 3 atom stereocenters. The summed E-state index contributed by atoms with van der Waals surface area (Å²) in [5, 5.41) is 2.36. The molecule has 15 rings (SSSR count). The molecule has 8 aromatic carbocycles. The Morgan fingerprint density at radius 2 is 0.592 bits per heavy atom. The fourth-order valence-corrected chi connectivity index (χ4v) is 14.7. The van der Waals surface area contributed by atoms with Crippen LogP contribution >= 0.6 is 46.4 Å². The largest absolute Gasteiger partial charge is 0.648 e. The molecule has 12 nitrogen and oxygen atoms in total. The fourth-order valence-electron chi connectivity index (χ4n) is 13.6. The molecule has 0 amide bonds. The average molecular weight is 1750 g/mol. The van der Waals surface area contributed by atoms with Crippen molar-refractivity contribution in [3.8, 4) is 23.0 Å². The average Bonchev–Trinajstić information content (AvgIpc) is 1.64. The molecule has 3 fully saturated rings. The van der Waals surface area contributed by atoms with E-state index in [0.717, 1.165) is 116 Å². The van der Waals surface area contributed by atoms with Crippen LogP contribution in [-0.2, 0) is 61.9 Å². The van der Waals surface area contributed by atoms with Crippen LogP contribution in [0.3, 0.4) is 0 Å². The Morgan fingerprint density at radius 3 is 0.875 bits per heavy atom. The summed E-state index contributed by atoms with van der Waals surface area (Å²) < 4.78 is 222. The third kappa shape index (κ3) is 28.6. The zero-order chi connectivity index (χ0) is 86.5. The molecule has 0 saturated carbocycles. The number of unbranched alkanes of at least 4 members (excludes halogenated alkanes) is 9. The lowest BCUT2D eigenvalue weighted by Gasteiger charge is -2.13. The van der Waals surface area contributed by atoms with Crippen molar-refractivity contribution in [3.05, 3.63) is 258 Å². The summed E-state index contributed by atoms with van der Waals surface area (Å²) in [6, 6.07) is 40.6. The number of fused-ring (bicyclic) bond motifs is 2. The third-order valence-electron chi connectivity index (χ3n) is 19.4. The summed E-state index contributed by atoms with van der Waals surface area (Å²) in [5.74, 6) is 3.51. The van der Waals surface area contributed by atoms with Crippen LogP contribution in [0.5, 0.6) is 23.0 Å². The van der Waals surface area contributed by atoms with Crippen LogP contribution in [0.15, 0.2) is 187 Å². The quantitative estimate of drug-likeness (QED) is 0.0296. The van der Waals surface area contributed by atoms with Gasteiger partial charge in [0.2, 0.25) is 0 Å². The number of hydrogen-bond donors (Lipinski definition) is 0. The lowest BCUT2D eigenvalue weighted by atomic mass is 9.77. The minimum Gasteiger partial charge on any atom is -0.519 e. The van der Waals surface area contributed by atoms with Crippen molar-refractivity contribution in [3.63, 3.8) is 0 Å². The van der Waals surface area contributed by atoms with Gasteiger partial charge in [-0.3, -0.25) is 0 Å². The second-order valence-corrected chi connectivity index (χ2v) is 31.5. The van der Waals surface area contributed by atoms with Crippen LogP contribution in [0.1, 0.15) is 162 Å². The smallest absolute Gasteiger partial charge is 0.519 e.